The smallest absolute Gasteiger partial charge is 0.374 e. The second-order valence-electron chi connectivity index (χ2n) is 7.52. The van der Waals surface area contributed by atoms with Crippen molar-refractivity contribution in [3.8, 4) is 0 Å². The van der Waals surface area contributed by atoms with Crippen LogP contribution in [0.3, 0.4) is 0 Å². The number of esters is 2. The summed E-state index contributed by atoms with van der Waals surface area (Å²) in [6.45, 7) is 9.03. The molecule has 152 valence electrons. The Morgan fingerprint density at radius 1 is 1.32 bits per heavy atom. The molecule has 2 aromatic heterocycles. The Morgan fingerprint density at radius 3 is 2.68 bits per heavy atom. The van der Waals surface area contributed by atoms with Crippen LogP contribution in [0.15, 0.2) is 4.79 Å². The summed E-state index contributed by atoms with van der Waals surface area (Å²) in [4.78, 5) is 44.6. The predicted molar refractivity (Wildman–Crippen MR) is 107 cm³/mol. The number of fused-ring (bicyclic) bond motifs is 3. The first kappa shape index (κ1) is 20.5. The van der Waals surface area contributed by atoms with E-state index in [0.29, 0.717) is 16.1 Å². The third-order valence-corrected chi connectivity index (χ3v) is 6.05. The number of carbonyl (C=O) groups excluding carboxylic acids is 2. The van der Waals surface area contributed by atoms with Crippen LogP contribution >= 0.6 is 11.3 Å². The van der Waals surface area contributed by atoms with Gasteiger partial charge in [-0.15, -0.1) is 11.3 Å². The second-order valence-corrected chi connectivity index (χ2v) is 8.61. The van der Waals surface area contributed by atoms with Gasteiger partial charge in [-0.25, -0.2) is 14.6 Å². The summed E-state index contributed by atoms with van der Waals surface area (Å²) in [5.41, 5.74) is 0.623. The first-order valence-corrected chi connectivity index (χ1v) is 10.5. The van der Waals surface area contributed by atoms with Crippen LogP contribution in [0.25, 0.3) is 10.2 Å². The fourth-order valence-electron chi connectivity index (χ4n) is 3.54. The summed E-state index contributed by atoms with van der Waals surface area (Å²) in [5, 5.41) is 0.518. The Balaban J connectivity index is 2.22. The number of carbonyl (C=O) groups is 2. The van der Waals surface area contributed by atoms with E-state index in [-0.39, 0.29) is 24.1 Å². The molecule has 2 aromatic rings. The highest BCUT2D eigenvalue weighted by Gasteiger charge is 2.31. The molecule has 2 heterocycles. The van der Waals surface area contributed by atoms with E-state index in [1.807, 2.05) is 0 Å². The molecule has 3 rings (SSSR count). The predicted octanol–water partition coefficient (Wildman–Crippen LogP) is 3.27. The van der Waals surface area contributed by atoms with Gasteiger partial charge in [0.2, 0.25) is 5.82 Å². The number of nitrogens with zero attached hydrogens (tertiary/aromatic N) is 2. The molecule has 0 aliphatic heterocycles. The fourth-order valence-corrected chi connectivity index (χ4v) is 4.91. The fraction of sp³-hybridized carbons (Fsp3) is 0.600. The highest BCUT2D eigenvalue weighted by atomic mass is 32.1. The van der Waals surface area contributed by atoms with Crippen LogP contribution in [0.2, 0.25) is 0 Å². The van der Waals surface area contributed by atoms with Crippen molar-refractivity contribution < 1.29 is 19.1 Å². The molecule has 0 aromatic carbocycles. The molecule has 28 heavy (non-hydrogen) atoms. The lowest BCUT2D eigenvalue weighted by atomic mass is 9.89. The van der Waals surface area contributed by atoms with Gasteiger partial charge in [-0.2, -0.15) is 0 Å². The molecule has 0 bridgehead atoms. The van der Waals surface area contributed by atoms with Crippen molar-refractivity contribution in [2.24, 2.45) is 5.92 Å². The van der Waals surface area contributed by atoms with Crippen molar-refractivity contribution in [3.05, 3.63) is 26.6 Å². The molecule has 0 saturated carbocycles. The van der Waals surface area contributed by atoms with Gasteiger partial charge in [0.25, 0.3) is 5.56 Å². The van der Waals surface area contributed by atoms with Gasteiger partial charge in [-0.3, -0.25) is 9.36 Å². The first-order valence-electron chi connectivity index (χ1n) is 9.68. The first-order chi connectivity index (χ1) is 13.2. The number of ether oxygens (including phenoxy) is 2. The average Bonchev–Trinajstić information content (AvgIpc) is 2.98. The molecule has 8 heteroatoms. The molecule has 0 unspecified atom stereocenters. The maximum Gasteiger partial charge on any atom is 0.374 e. The highest BCUT2D eigenvalue weighted by Crippen LogP contribution is 2.36. The molecule has 0 N–H and O–H groups in total. The molecular weight excluding hydrogens is 380 g/mol. The molecule has 0 fully saturated rings. The maximum atomic E-state index is 13.4. The number of thiophene rings is 1. The normalized spacial score (nSPS) is 17.4. The van der Waals surface area contributed by atoms with Gasteiger partial charge in [0.15, 0.2) is 0 Å². The molecule has 0 amide bonds. The van der Waals surface area contributed by atoms with Crippen molar-refractivity contribution >= 4 is 33.5 Å². The minimum atomic E-state index is -0.982. The Kier molecular flexibility index (Phi) is 5.88. The van der Waals surface area contributed by atoms with Gasteiger partial charge in [-0.1, -0.05) is 6.92 Å². The largest absolute Gasteiger partial charge is 0.461 e. The minimum Gasteiger partial charge on any atom is -0.461 e. The summed E-state index contributed by atoms with van der Waals surface area (Å²) in [6, 6.07) is -0.982. The summed E-state index contributed by atoms with van der Waals surface area (Å²) in [5.74, 6) is -0.904. The third kappa shape index (κ3) is 3.70. The van der Waals surface area contributed by atoms with Crippen LogP contribution in [0.5, 0.6) is 0 Å². The van der Waals surface area contributed by atoms with Crippen LogP contribution in [-0.4, -0.2) is 34.2 Å². The van der Waals surface area contributed by atoms with Crippen molar-refractivity contribution in [1.29, 1.82) is 0 Å². The molecule has 1 aliphatic carbocycles. The van der Waals surface area contributed by atoms with E-state index in [9.17, 15) is 14.4 Å². The van der Waals surface area contributed by atoms with Crippen molar-refractivity contribution in [3.63, 3.8) is 0 Å². The number of hydrogen-bond acceptors (Lipinski definition) is 7. The molecule has 1 aliphatic rings. The van der Waals surface area contributed by atoms with Gasteiger partial charge in [0.05, 0.1) is 18.1 Å². The average molecular weight is 407 g/mol. The zero-order valence-corrected chi connectivity index (χ0v) is 17.7. The summed E-state index contributed by atoms with van der Waals surface area (Å²) in [7, 11) is 0. The molecule has 2 atom stereocenters. The van der Waals surface area contributed by atoms with Gasteiger partial charge in [-0.05, 0) is 58.4 Å². The highest BCUT2D eigenvalue weighted by molar-refractivity contribution is 7.18. The monoisotopic (exact) mass is 406 g/mol. The van der Waals surface area contributed by atoms with Gasteiger partial charge >= 0.3 is 11.9 Å². The third-order valence-electron chi connectivity index (χ3n) is 4.90. The zero-order chi connectivity index (χ0) is 20.6. The Labute approximate surface area is 167 Å². The Bertz CT molecular complexity index is 975. The standard InChI is InChI=1S/C20H26N2O5S/c1-6-26-20(25)16-21-17-15(13-8-7-11(4)9-14(13)28-17)18(23)22(16)12(5)19(24)27-10(2)3/h10-12H,6-9H2,1-5H3/t11-,12-/m0/s1. The van der Waals surface area contributed by atoms with E-state index in [1.54, 1.807) is 27.7 Å². The van der Waals surface area contributed by atoms with E-state index >= 15 is 0 Å². The lowest BCUT2D eigenvalue weighted by Gasteiger charge is -2.20. The van der Waals surface area contributed by atoms with Crippen molar-refractivity contribution in [2.75, 3.05) is 6.61 Å². The van der Waals surface area contributed by atoms with Crippen LogP contribution in [-0.2, 0) is 27.1 Å². The van der Waals surface area contributed by atoms with E-state index < -0.39 is 18.0 Å². The number of aromatic nitrogens is 2. The SMILES string of the molecule is CCOC(=O)c1nc2sc3c(c2c(=O)n1[C@@H](C)C(=O)OC(C)C)CC[C@H](C)C3. The Morgan fingerprint density at radius 2 is 2.04 bits per heavy atom. The molecule has 0 saturated heterocycles. The van der Waals surface area contributed by atoms with Gasteiger partial charge < -0.3 is 9.47 Å². The van der Waals surface area contributed by atoms with E-state index in [2.05, 4.69) is 11.9 Å². The quantitative estimate of drug-likeness (QED) is 0.708. The van der Waals surface area contributed by atoms with Crippen LogP contribution < -0.4 is 5.56 Å². The van der Waals surface area contributed by atoms with Crippen LogP contribution in [0.4, 0.5) is 0 Å². The maximum absolute atomic E-state index is 13.4. The van der Waals surface area contributed by atoms with E-state index in [4.69, 9.17) is 9.47 Å². The summed E-state index contributed by atoms with van der Waals surface area (Å²) < 4.78 is 11.5. The lowest BCUT2D eigenvalue weighted by molar-refractivity contribution is -0.151. The van der Waals surface area contributed by atoms with Crippen molar-refractivity contribution in [1.82, 2.24) is 9.55 Å². The Hall–Kier alpha value is -2.22. The summed E-state index contributed by atoms with van der Waals surface area (Å²) >= 11 is 1.46. The molecule has 7 nitrogen and oxygen atoms in total. The summed E-state index contributed by atoms with van der Waals surface area (Å²) in [6.07, 6.45) is 2.37. The number of aryl methyl sites for hydroxylation is 1. The molecule has 0 spiro atoms. The van der Waals surface area contributed by atoms with E-state index in [0.717, 1.165) is 34.3 Å². The van der Waals surface area contributed by atoms with Crippen LogP contribution in [0, 0.1) is 5.92 Å². The minimum absolute atomic E-state index is 0.149. The molecular formula is C20H26N2O5S. The van der Waals surface area contributed by atoms with Gasteiger partial charge in [0.1, 0.15) is 10.9 Å². The number of hydrogen-bond donors (Lipinski definition) is 0. The zero-order valence-electron chi connectivity index (χ0n) is 16.9. The van der Waals surface area contributed by atoms with Crippen molar-refractivity contribution in [2.45, 2.75) is 66.0 Å². The van der Waals surface area contributed by atoms with Crippen LogP contribution in [0.1, 0.15) is 68.1 Å². The topological polar surface area (TPSA) is 87.5 Å². The molecule has 0 radical (unpaired) electrons. The van der Waals surface area contributed by atoms with E-state index in [1.165, 1.54) is 11.3 Å². The second kappa shape index (κ2) is 8.03. The van der Waals surface area contributed by atoms with Gasteiger partial charge in [0, 0.05) is 4.88 Å². The number of rotatable bonds is 5. The lowest BCUT2D eigenvalue weighted by Crippen LogP contribution is -2.35.